The fourth-order valence-electron chi connectivity index (χ4n) is 3.03. The van der Waals surface area contributed by atoms with E-state index in [4.69, 9.17) is 23.2 Å². The lowest BCUT2D eigenvalue weighted by molar-refractivity contribution is -0.128. The van der Waals surface area contributed by atoms with Gasteiger partial charge < -0.3 is 15.5 Å². The third-order valence-corrected chi connectivity index (χ3v) is 5.21. The molecule has 1 aliphatic heterocycles. The molecule has 1 saturated heterocycles. The fraction of sp³-hybridized carbons (Fsp3) is 0.600. The number of hydrogen-bond donors (Lipinski definition) is 2. The Morgan fingerprint density at radius 3 is 2.22 bits per heavy atom. The van der Waals surface area contributed by atoms with Gasteiger partial charge in [-0.05, 0) is 50.0 Å². The second-order valence-electron chi connectivity index (χ2n) is 8.16. The van der Waals surface area contributed by atoms with Crippen LogP contribution < -0.4 is 10.6 Å². The molecule has 0 aromatic heterocycles. The number of piperidine rings is 1. The normalized spacial score (nSPS) is 16.2. The average molecular weight is 414 g/mol. The van der Waals surface area contributed by atoms with E-state index in [0.717, 1.165) is 32.5 Å². The maximum absolute atomic E-state index is 12.3. The highest BCUT2D eigenvalue weighted by atomic mass is 35.5. The SMILES string of the molecule is CC(C)(C)C(=O)NCCN1CCC(CNC(=O)c2cc(Cl)cc(Cl)c2)CC1. The Morgan fingerprint density at radius 2 is 1.67 bits per heavy atom. The van der Waals surface area contributed by atoms with Crippen LogP contribution >= 0.6 is 23.2 Å². The van der Waals surface area contributed by atoms with Gasteiger partial charge in [-0.3, -0.25) is 9.59 Å². The molecule has 150 valence electrons. The monoisotopic (exact) mass is 413 g/mol. The molecule has 7 heteroatoms. The summed E-state index contributed by atoms with van der Waals surface area (Å²) in [6.07, 6.45) is 2.06. The van der Waals surface area contributed by atoms with Gasteiger partial charge in [-0.15, -0.1) is 0 Å². The van der Waals surface area contributed by atoms with E-state index in [1.165, 1.54) is 0 Å². The van der Waals surface area contributed by atoms with Crippen LogP contribution in [0.3, 0.4) is 0 Å². The summed E-state index contributed by atoms with van der Waals surface area (Å²) in [6.45, 7) is 9.90. The molecule has 0 unspecified atom stereocenters. The summed E-state index contributed by atoms with van der Waals surface area (Å²) in [5.74, 6) is 0.400. The smallest absolute Gasteiger partial charge is 0.251 e. The summed E-state index contributed by atoms with van der Waals surface area (Å²) in [5, 5.41) is 6.89. The first kappa shape index (κ1) is 22.0. The molecule has 0 spiro atoms. The number of carbonyl (C=O) groups is 2. The number of rotatable bonds is 6. The summed E-state index contributed by atoms with van der Waals surface area (Å²) < 4.78 is 0. The molecule has 1 heterocycles. The molecular weight excluding hydrogens is 385 g/mol. The average Bonchev–Trinajstić information content (AvgIpc) is 2.59. The lowest BCUT2D eigenvalue weighted by Crippen LogP contribution is -2.43. The zero-order valence-corrected chi connectivity index (χ0v) is 17.8. The van der Waals surface area contributed by atoms with E-state index >= 15 is 0 Å². The maximum Gasteiger partial charge on any atom is 0.251 e. The Morgan fingerprint density at radius 1 is 1.07 bits per heavy atom. The van der Waals surface area contributed by atoms with Crippen molar-refractivity contribution in [3.8, 4) is 0 Å². The lowest BCUT2D eigenvalue weighted by Gasteiger charge is -2.32. The van der Waals surface area contributed by atoms with E-state index in [2.05, 4.69) is 15.5 Å². The molecule has 0 atom stereocenters. The molecule has 5 nitrogen and oxygen atoms in total. The molecule has 2 amide bonds. The largest absolute Gasteiger partial charge is 0.354 e. The van der Waals surface area contributed by atoms with Crippen molar-refractivity contribution in [2.24, 2.45) is 11.3 Å². The maximum atomic E-state index is 12.3. The van der Waals surface area contributed by atoms with Crippen LogP contribution in [0.4, 0.5) is 0 Å². The Hall–Kier alpha value is -1.30. The lowest BCUT2D eigenvalue weighted by atomic mass is 9.95. The van der Waals surface area contributed by atoms with Crippen LogP contribution in [0.5, 0.6) is 0 Å². The first-order valence-electron chi connectivity index (χ1n) is 9.40. The second kappa shape index (κ2) is 9.76. The minimum Gasteiger partial charge on any atom is -0.354 e. The molecule has 27 heavy (non-hydrogen) atoms. The van der Waals surface area contributed by atoms with Gasteiger partial charge in [0, 0.05) is 40.7 Å². The van der Waals surface area contributed by atoms with Crippen LogP contribution in [0.2, 0.25) is 10.0 Å². The quantitative estimate of drug-likeness (QED) is 0.748. The summed E-state index contributed by atoms with van der Waals surface area (Å²) >= 11 is 11.9. The van der Waals surface area contributed by atoms with E-state index in [1.54, 1.807) is 18.2 Å². The predicted molar refractivity (Wildman–Crippen MR) is 110 cm³/mol. The third kappa shape index (κ3) is 7.32. The Bertz CT molecular complexity index is 645. The van der Waals surface area contributed by atoms with Gasteiger partial charge in [0.05, 0.1) is 0 Å². The number of likely N-dealkylation sites (tertiary alicyclic amines) is 1. The second-order valence-corrected chi connectivity index (χ2v) is 9.03. The number of amides is 2. The van der Waals surface area contributed by atoms with Crippen molar-refractivity contribution < 1.29 is 9.59 Å². The Kier molecular flexibility index (Phi) is 7.95. The van der Waals surface area contributed by atoms with Gasteiger partial charge in [0.1, 0.15) is 0 Å². The molecule has 1 aliphatic rings. The van der Waals surface area contributed by atoms with Crippen LogP contribution in [0.15, 0.2) is 18.2 Å². The topological polar surface area (TPSA) is 61.4 Å². The van der Waals surface area contributed by atoms with E-state index in [0.29, 0.717) is 34.6 Å². The van der Waals surface area contributed by atoms with Crippen LogP contribution in [0.25, 0.3) is 0 Å². The van der Waals surface area contributed by atoms with Gasteiger partial charge in [0.25, 0.3) is 5.91 Å². The van der Waals surface area contributed by atoms with Crippen molar-refractivity contribution in [1.82, 2.24) is 15.5 Å². The van der Waals surface area contributed by atoms with Gasteiger partial charge in [0.15, 0.2) is 0 Å². The molecule has 0 radical (unpaired) electrons. The van der Waals surface area contributed by atoms with E-state index < -0.39 is 0 Å². The van der Waals surface area contributed by atoms with Gasteiger partial charge in [-0.25, -0.2) is 0 Å². The summed E-state index contributed by atoms with van der Waals surface area (Å²) in [5.41, 5.74) is 0.137. The summed E-state index contributed by atoms with van der Waals surface area (Å²) in [7, 11) is 0. The van der Waals surface area contributed by atoms with Gasteiger partial charge in [0.2, 0.25) is 5.91 Å². The minimum atomic E-state index is -0.349. The number of carbonyl (C=O) groups excluding carboxylic acids is 2. The van der Waals surface area contributed by atoms with Crippen LogP contribution in [-0.2, 0) is 4.79 Å². The molecule has 2 rings (SSSR count). The zero-order valence-electron chi connectivity index (χ0n) is 16.3. The summed E-state index contributed by atoms with van der Waals surface area (Å²) in [4.78, 5) is 26.5. The molecule has 2 N–H and O–H groups in total. The first-order valence-corrected chi connectivity index (χ1v) is 10.2. The number of nitrogens with zero attached hydrogens (tertiary/aromatic N) is 1. The Labute approximate surface area is 171 Å². The van der Waals surface area contributed by atoms with Crippen molar-refractivity contribution >= 4 is 35.0 Å². The highest BCUT2D eigenvalue weighted by molar-refractivity contribution is 6.35. The first-order chi connectivity index (χ1) is 12.6. The van der Waals surface area contributed by atoms with Gasteiger partial charge in [-0.2, -0.15) is 0 Å². The minimum absolute atomic E-state index is 0.0845. The number of nitrogens with one attached hydrogen (secondary N) is 2. The number of halogens is 2. The van der Waals surface area contributed by atoms with Crippen molar-refractivity contribution in [2.45, 2.75) is 33.6 Å². The molecule has 1 fully saturated rings. The molecule has 1 aromatic carbocycles. The number of benzene rings is 1. The molecule has 0 bridgehead atoms. The Balaban J connectivity index is 1.67. The van der Waals surface area contributed by atoms with Gasteiger partial charge >= 0.3 is 0 Å². The van der Waals surface area contributed by atoms with Crippen molar-refractivity contribution in [3.63, 3.8) is 0 Å². The van der Waals surface area contributed by atoms with Gasteiger partial charge in [-0.1, -0.05) is 44.0 Å². The van der Waals surface area contributed by atoms with Crippen molar-refractivity contribution in [1.29, 1.82) is 0 Å². The predicted octanol–water partition coefficient (Wildman–Crippen LogP) is 3.60. The molecule has 0 aliphatic carbocycles. The highest BCUT2D eigenvalue weighted by Gasteiger charge is 2.22. The molecule has 0 saturated carbocycles. The van der Waals surface area contributed by atoms with E-state index in [1.807, 2.05) is 20.8 Å². The fourth-order valence-corrected chi connectivity index (χ4v) is 3.56. The summed E-state index contributed by atoms with van der Waals surface area (Å²) in [6, 6.07) is 4.86. The van der Waals surface area contributed by atoms with E-state index in [-0.39, 0.29) is 17.2 Å². The highest BCUT2D eigenvalue weighted by Crippen LogP contribution is 2.20. The van der Waals surface area contributed by atoms with E-state index in [9.17, 15) is 9.59 Å². The number of hydrogen-bond acceptors (Lipinski definition) is 3. The zero-order chi connectivity index (χ0) is 20.0. The molecular formula is C20H29Cl2N3O2. The third-order valence-electron chi connectivity index (χ3n) is 4.78. The molecule has 1 aromatic rings. The standard InChI is InChI=1S/C20H29Cl2N3O2/c1-20(2,3)19(27)23-6-9-25-7-4-14(5-8-25)13-24-18(26)15-10-16(21)12-17(22)11-15/h10-12,14H,4-9,13H2,1-3H3,(H,23,27)(H,24,26). The van der Waals surface area contributed by atoms with Crippen molar-refractivity contribution in [3.05, 3.63) is 33.8 Å². The van der Waals surface area contributed by atoms with Crippen LogP contribution in [0.1, 0.15) is 44.0 Å². The van der Waals surface area contributed by atoms with Crippen LogP contribution in [-0.4, -0.2) is 49.4 Å². The van der Waals surface area contributed by atoms with Crippen LogP contribution in [0, 0.1) is 11.3 Å². The van der Waals surface area contributed by atoms with Crippen molar-refractivity contribution in [2.75, 3.05) is 32.7 Å².